The Bertz CT molecular complexity index is 700. The van der Waals surface area contributed by atoms with Gasteiger partial charge in [0.2, 0.25) is 0 Å². The predicted octanol–water partition coefficient (Wildman–Crippen LogP) is 2.80. The molecule has 1 aliphatic carbocycles. The summed E-state index contributed by atoms with van der Waals surface area (Å²) in [5.74, 6) is -0.514. The van der Waals surface area contributed by atoms with Crippen LogP contribution in [-0.2, 0) is 19.8 Å². The number of nitrogens with zero attached hydrogens (tertiary/aromatic N) is 1. The van der Waals surface area contributed by atoms with Crippen LogP contribution in [0, 0.1) is 11.7 Å². The fourth-order valence-electron chi connectivity index (χ4n) is 2.47. The first-order valence-corrected chi connectivity index (χ1v) is 10.0. The number of benzene rings is 1. The Morgan fingerprint density at radius 1 is 1.25 bits per heavy atom. The second kappa shape index (κ2) is 5.81. The summed E-state index contributed by atoms with van der Waals surface area (Å²) in [6, 6.07) is 5.11. The Morgan fingerprint density at radius 2 is 1.90 bits per heavy atom. The molecule has 0 radical (unpaired) electrons. The lowest BCUT2D eigenvalue weighted by Gasteiger charge is -2.08. The second-order valence-electron chi connectivity index (χ2n) is 5.23. The SMILES string of the molecule is CS(=O)(=NS(=O)(=O)CC1CCCC1)c1cccc(F)c1. The largest absolute Gasteiger partial charge is 0.261 e. The third-order valence-electron chi connectivity index (χ3n) is 3.41. The summed E-state index contributed by atoms with van der Waals surface area (Å²) in [6.45, 7) is 0. The molecule has 0 N–H and O–H groups in total. The van der Waals surface area contributed by atoms with E-state index in [9.17, 15) is 17.0 Å². The van der Waals surface area contributed by atoms with Crippen LogP contribution >= 0.6 is 0 Å². The maximum absolute atomic E-state index is 13.1. The summed E-state index contributed by atoms with van der Waals surface area (Å²) in [5, 5.41) is 0. The summed E-state index contributed by atoms with van der Waals surface area (Å²) in [7, 11) is -6.89. The van der Waals surface area contributed by atoms with Crippen LogP contribution in [0.15, 0.2) is 32.9 Å². The minimum absolute atomic E-state index is 0.0624. The third kappa shape index (κ3) is 4.02. The molecule has 4 nitrogen and oxygen atoms in total. The molecule has 1 atom stereocenters. The van der Waals surface area contributed by atoms with E-state index in [0.29, 0.717) is 0 Å². The molecule has 0 heterocycles. The van der Waals surface area contributed by atoms with Crippen molar-refractivity contribution < 1.29 is 17.0 Å². The van der Waals surface area contributed by atoms with E-state index < -0.39 is 25.6 Å². The lowest BCUT2D eigenvalue weighted by atomic mass is 10.1. The smallest absolute Gasteiger partial charge is 0.244 e. The maximum Gasteiger partial charge on any atom is 0.261 e. The molecule has 0 aromatic heterocycles. The average molecular weight is 319 g/mol. The second-order valence-corrected chi connectivity index (χ2v) is 9.40. The van der Waals surface area contributed by atoms with Crippen molar-refractivity contribution in [3.05, 3.63) is 30.1 Å². The van der Waals surface area contributed by atoms with Gasteiger partial charge < -0.3 is 0 Å². The molecule has 1 unspecified atom stereocenters. The zero-order valence-electron chi connectivity index (χ0n) is 11.3. The topological polar surface area (TPSA) is 63.6 Å². The zero-order valence-corrected chi connectivity index (χ0v) is 12.9. The van der Waals surface area contributed by atoms with Crippen molar-refractivity contribution in [3.63, 3.8) is 0 Å². The molecular weight excluding hydrogens is 301 g/mol. The van der Waals surface area contributed by atoms with Crippen molar-refractivity contribution in [1.29, 1.82) is 0 Å². The normalized spacial score (nSPS) is 19.7. The number of rotatable bonds is 4. The van der Waals surface area contributed by atoms with Gasteiger partial charge in [-0.1, -0.05) is 18.9 Å². The first-order valence-electron chi connectivity index (χ1n) is 6.50. The van der Waals surface area contributed by atoms with E-state index in [-0.39, 0.29) is 16.6 Å². The van der Waals surface area contributed by atoms with Crippen molar-refractivity contribution >= 4 is 19.8 Å². The summed E-state index contributed by atoms with van der Waals surface area (Å²) in [5.41, 5.74) is 0. The molecule has 1 fully saturated rings. The van der Waals surface area contributed by atoms with Crippen LogP contribution in [0.1, 0.15) is 25.7 Å². The van der Waals surface area contributed by atoms with Crippen molar-refractivity contribution in [2.75, 3.05) is 12.0 Å². The van der Waals surface area contributed by atoms with E-state index >= 15 is 0 Å². The highest BCUT2D eigenvalue weighted by molar-refractivity contribution is 8.02. The van der Waals surface area contributed by atoms with E-state index in [4.69, 9.17) is 0 Å². The Labute approximate surface area is 119 Å². The van der Waals surface area contributed by atoms with Crippen molar-refractivity contribution in [3.8, 4) is 0 Å². The highest BCUT2D eigenvalue weighted by atomic mass is 32.3. The number of sulfonamides is 1. The van der Waals surface area contributed by atoms with E-state index in [0.717, 1.165) is 31.7 Å². The van der Waals surface area contributed by atoms with Gasteiger partial charge in [-0.2, -0.15) is 0 Å². The predicted molar refractivity (Wildman–Crippen MR) is 76.9 cm³/mol. The maximum atomic E-state index is 13.1. The van der Waals surface area contributed by atoms with Crippen LogP contribution in [-0.4, -0.2) is 24.6 Å². The molecule has 7 heteroatoms. The first kappa shape index (κ1) is 15.4. The molecule has 0 saturated heterocycles. The molecule has 1 aromatic carbocycles. The molecule has 2 rings (SSSR count). The molecule has 0 aliphatic heterocycles. The molecule has 0 spiro atoms. The quantitative estimate of drug-likeness (QED) is 0.857. The van der Waals surface area contributed by atoms with Gasteiger partial charge in [0.25, 0.3) is 10.0 Å². The summed E-state index contributed by atoms with van der Waals surface area (Å²) < 4.78 is 53.1. The molecule has 1 aromatic rings. The van der Waals surface area contributed by atoms with Crippen molar-refractivity contribution in [2.45, 2.75) is 30.6 Å². The van der Waals surface area contributed by atoms with Gasteiger partial charge in [0.05, 0.1) is 20.4 Å². The Hall–Kier alpha value is -0.950. The van der Waals surface area contributed by atoms with Gasteiger partial charge in [0, 0.05) is 6.26 Å². The van der Waals surface area contributed by atoms with Crippen LogP contribution in [0.4, 0.5) is 4.39 Å². The number of hydrogen-bond acceptors (Lipinski definition) is 3. The summed E-state index contributed by atoms with van der Waals surface area (Å²) in [4.78, 5) is 0.104. The van der Waals surface area contributed by atoms with Crippen LogP contribution in [0.3, 0.4) is 0 Å². The van der Waals surface area contributed by atoms with Gasteiger partial charge in [-0.3, -0.25) is 0 Å². The minimum Gasteiger partial charge on any atom is -0.244 e. The Morgan fingerprint density at radius 3 is 2.50 bits per heavy atom. The molecule has 0 amide bonds. The van der Waals surface area contributed by atoms with Gasteiger partial charge in [0.1, 0.15) is 5.82 Å². The van der Waals surface area contributed by atoms with Crippen LogP contribution in [0.2, 0.25) is 0 Å². The monoisotopic (exact) mass is 319 g/mol. The first-order chi connectivity index (χ1) is 9.28. The third-order valence-corrected chi connectivity index (χ3v) is 7.48. The van der Waals surface area contributed by atoms with E-state index in [1.807, 2.05) is 0 Å². The standard InChI is InChI=1S/C13H18FNO3S2/c1-19(16,13-8-4-7-12(14)9-13)15-20(17,18)10-11-5-2-3-6-11/h4,7-9,11H,2-3,5-6,10H2,1H3. The lowest BCUT2D eigenvalue weighted by molar-refractivity contribution is 0.560. The molecule has 1 aliphatic rings. The summed E-state index contributed by atoms with van der Waals surface area (Å²) >= 11 is 0. The van der Waals surface area contributed by atoms with Gasteiger partial charge in [-0.15, -0.1) is 3.77 Å². The molecule has 112 valence electrons. The summed E-state index contributed by atoms with van der Waals surface area (Å²) in [6.07, 6.45) is 5.05. The fraction of sp³-hybridized carbons (Fsp3) is 0.538. The van der Waals surface area contributed by atoms with Gasteiger partial charge >= 0.3 is 0 Å². The number of halogens is 1. The van der Waals surface area contributed by atoms with E-state index in [2.05, 4.69) is 3.77 Å². The Balaban J connectivity index is 2.29. The fourth-order valence-corrected chi connectivity index (χ4v) is 6.38. The minimum atomic E-state index is -3.76. The van der Waals surface area contributed by atoms with Crippen LogP contribution in [0.25, 0.3) is 0 Å². The van der Waals surface area contributed by atoms with Crippen molar-refractivity contribution in [2.24, 2.45) is 9.69 Å². The zero-order chi connectivity index (χ0) is 14.8. The molecule has 0 bridgehead atoms. The average Bonchev–Trinajstić information content (AvgIpc) is 2.79. The highest BCUT2D eigenvalue weighted by Crippen LogP contribution is 2.27. The van der Waals surface area contributed by atoms with E-state index in [1.54, 1.807) is 0 Å². The highest BCUT2D eigenvalue weighted by Gasteiger charge is 2.23. The van der Waals surface area contributed by atoms with Crippen LogP contribution < -0.4 is 0 Å². The van der Waals surface area contributed by atoms with E-state index in [1.165, 1.54) is 24.5 Å². The number of hydrogen-bond donors (Lipinski definition) is 0. The molecular formula is C13H18FNO3S2. The van der Waals surface area contributed by atoms with Crippen LogP contribution in [0.5, 0.6) is 0 Å². The van der Waals surface area contributed by atoms with Gasteiger partial charge in [0.15, 0.2) is 0 Å². The Kier molecular flexibility index (Phi) is 4.49. The molecule has 1 saturated carbocycles. The van der Waals surface area contributed by atoms with Gasteiger partial charge in [-0.05, 0) is 37.0 Å². The lowest BCUT2D eigenvalue weighted by Crippen LogP contribution is -2.13. The molecule has 20 heavy (non-hydrogen) atoms. The van der Waals surface area contributed by atoms with Crippen molar-refractivity contribution in [1.82, 2.24) is 0 Å². The van der Waals surface area contributed by atoms with Gasteiger partial charge in [-0.25, -0.2) is 17.0 Å².